The van der Waals surface area contributed by atoms with Gasteiger partial charge in [0.15, 0.2) is 5.65 Å². The van der Waals surface area contributed by atoms with Crippen molar-refractivity contribution in [3.05, 3.63) is 24.5 Å². The van der Waals surface area contributed by atoms with Crippen molar-refractivity contribution in [1.29, 1.82) is 0 Å². The quantitative estimate of drug-likeness (QED) is 0.815. The number of carbonyl (C=O) groups is 1. The molecule has 2 aromatic heterocycles. The van der Waals surface area contributed by atoms with Gasteiger partial charge in [0.25, 0.3) is 0 Å². The van der Waals surface area contributed by atoms with Gasteiger partial charge in [0.1, 0.15) is 5.82 Å². The maximum atomic E-state index is 12.6. The largest absolute Gasteiger partial charge is 0.352 e. The molecule has 140 valence electrons. The Morgan fingerprint density at radius 3 is 2.65 bits per heavy atom. The van der Waals surface area contributed by atoms with Crippen molar-refractivity contribution in [3.8, 4) is 0 Å². The molecule has 0 aliphatic carbocycles. The average molecular weight is 356 g/mol. The van der Waals surface area contributed by atoms with Gasteiger partial charge in [-0.25, -0.2) is 9.50 Å². The van der Waals surface area contributed by atoms with Gasteiger partial charge in [-0.05, 0) is 51.4 Å². The van der Waals surface area contributed by atoms with Crippen LogP contribution >= 0.6 is 0 Å². The Hall–Kier alpha value is -2.15. The second-order valence-electron chi connectivity index (χ2n) is 7.42. The first-order valence-corrected chi connectivity index (χ1v) is 9.78. The predicted molar refractivity (Wildman–Crippen MR) is 101 cm³/mol. The van der Waals surface area contributed by atoms with E-state index in [4.69, 9.17) is 0 Å². The summed E-state index contributed by atoms with van der Waals surface area (Å²) in [6, 6.07) is 4.52. The van der Waals surface area contributed by atoms with Crippen molar-refractivity contribution in [1.82, 2.24) is 24.4 Å². The molecule has 0 saturated carbocycles. The van der Waals surface area contributed by atoms with Crippen molar-refractivity contribution in [2.45, 2.75) is 38.6 Å². The molecular weight excluding hydrogens is 328 g/mol. The zero-order chi connectivity index (χ0) is 17.9. The van der Waals surface area contributed by atoms with E-state index in [9.17, 15) is 4.79 Å². The lowest BCUT2D eigenvalue weighted by atomic mass is 10.1. The van der Waals surface area contributed by atoms with Gasteiger partial charge < -0.3 is 14.7 Å². The summed E-state index contributed by atoms with van der Waals surface area (Å²) in [5, 5.41) is 4.60. The summed E-state index contributed by atoms with van der Waals surface area (Å²) in [5.41, 5.74) is 0.856. The second kappa shape index (κ2) is 7.61. The van der Waals surface area contributed by atoms with Crippen LogP contribution in [0, 0.1) is 0 Å². The number of hydrogen-bond acceptors (Lipinski definition) is 5. The van der Waals surface area contributed by atoms with Crippen LogP contribution in [0.3, 0.4) is 0 Å². The van der Waals surface area contributed by atoms with Crippen LogP contribution in [0.25, 0.3) is 5.65 Å². The third kappa shape index (κ3) is 3.67. The number of fused-ring (bicyclic) bond motifs is 1. The lowest BCUT2D eigenvalue weighted by molar-refractivity contribution is -0.131. The van der Waals surface area contributed by atoms with E-state index < -0.39 is 0 Å². The van der Waals surface area contributed by atoms with Crippen molar-refractivity contribution in [2.75, 3.05) is 44.2 Å². The molecule has 7 heteroatoms. The van der Waals surface area contributed by atoms with Gasteiger partial charge in [0, 0.05) is 51.0 Å². The zero-order valence-electron chi connectivity index (χ0n) is 15.5. The molecule has 0 spiro atoms. The lowest BCUT2D eigenvalue weighted by Crippen LogP contribution is -2.49. The van der Waals surface area contributed by atoms with Crippen molar-refractivity contribution >= 4 is 17.4 Å². The van der Waals surface area contributed by atoms with Crippen LogP contribution in [-0.4, -0.2) is 75.6 Å². The number of aromatic nitrogens is 3. The molecule has 26 heavy (non-hydrogen) atoms. The SMILES string of the molecule is C[C@@H](CCC(=O)N1CCN(c2ccc3nccn3n2)CC1)N1CCCC1. The maximum Gasteiger partial charge on any atom is 0.222 e. The van der Waals surface area contributed by atoms with Crippen LogP contribution in [0.15, 0.2) is 24.5 Å². The van der Waals surface area contributed by atoms with Gasteiger partial charge in [-0.2, -0.15) is 0 Å². The molecular formula is C19H28N6O. The molecule has 4 rings (SSSR count). The Bertz CT molecular complexity index is 745. The summed E-state index contributed by atoms with van der Waals surface area (Å²) >= 11 is 0. The molecule has 2 saturated heterocycles. The number of rotatable bonds is 5. The Labute approximate surface area is 154 Å². The van der Waals surface area contributed by atoms with Crippen LogP contribution in [0.4, 0.5) is 5.82 Å². The first kappa shape index (κ1) is 17.3. The monoisotopic (exact) mass is 356 g/mol. The van der Waals surface area contributed by atoms with Crippen molar-refractivity contribution in [2.24, 2.45) is 0 Å². The Balaban J connectivity index is 1.26. The number of hydrogen-bond donors (Lipinski definition) is 0. The minimum Gasteiger partial charge on any atom is -0.352 e. The van der Waals surface area contributed by atoms with E-state index in [1.807, 2.05) is 23.2 Å². The van der Waals surface area contributed by atoms with Crippen molar-refractivity contribution < 1.29 is 4.79 Å². The molecule has 1 atom stereocenters. The first-order chi connectivity index (χ1) is 12.7. The van der Waals surface area contributed by atoms with Gasteiger partial charge in [-0.1, -0.05) is 0 Å². The third-order valence-corrected chi connectivity index (χ3v) is 5.74. The first-order valence-electron chi connectivity index (χ1n) is 9.78. The van der Waals surface area contributed by atoms with E-state index in [2.05, 4.69) is 26.8 Å². The number of carbonyl (C=O) groups excluding carboxylic acids is 1. The second-order valence-corrected chi connectivity index (χ2v) is 7.42. The highest BCUT2D eigenvalue weighted by atomic mass is 16.2. The molecule has 4 heterocycles. The van der Waals surface area contributed by atoms with E-state index >= 15 is 0 Å². The van der Waals surface area contributed by atoms with Gasteiger partial charge in [-0.3, -0.25) is 4.79 Å². The van der Waals surface area contributed by atoms with E-state index in [0.29, 0.717) is 18.4 Å². The van der Waals surface area contributed by atoms with E-state index in [-0.39, 0.29) is 0 Å². The Morgan fingerprint density at radius 2 is 1.88 bits per heavy atom. The molecule has 1 amide bonds. The number of amides is 1. The number of likely N-dealkylation sites (tertiary alicyclic amines) is 1. The van der Waals surface area contributed by atoms with Crippen molar-refractivity contribution in [3.63, 3.8) is 0 Å². The molecule has 2 aromatic rings. The summed E-state index contributed by atoms with van der Waals surface area (Å²) in [6.07, 6.45) is 7.86. The third-order valence-electron chi connectivity index (χ3n) is 5.74. The molecule has 2 aliphatic rings. The summed E-state index contributed by atoms with van der Waals surface area (Å²) in [6.45, 7) is 7.88. The average Bonchev–Trinajstić information content (AvgIpc) is 3.37. The Kier molecular flexibility index (Phi) is 5.06. The van der Waals surface area contributed by atoms with E-state index in [1.165, 1.54) is 25.9 Å². The highest BCUT2D eigenvalue weighted by molar-refractivity contribution is 5.76. The molecule has 2 fully saturated rings. The molecule has 0 aromatic carbocycles. The smallest absolute Gasteiger partial charge is 0.222 e. The topological polar surface area (TPSA) is 57.0 Å². The van der Waals surface area contributed by atoms with Gasteiger partial charge in [-0.15, -0.1) is 5.10 Å². The minimum atomic E-state index is 0.300. The molecule has 0 unspecified atom stereocenters. The van der Waals surface area contributed by atoms with Gasteiger partial charge in [0.2, 0.25) is 5.91 Å². The maximum absolute atomic E-state index is 12.6. The van der Waals surface area contributed by atoms with Crippen LogP contribution in [-0.2, 0) is 4.79 Å². The number of piperazine rings is 1. The number of imidazole rings is 1. The standard InChI is InChI=1S/C19H28N6O/c1-16(22-9-2-3-10-22)4-7-19(26)24-14-12-23(13-15-24)18-6-5-17-20-8-11-25(17)21-18/h5-6,8,11,16H,2-4,7,9-10,12-15H2,1H3/t16-/m0/s1. The summed E-state index contributed by atoms with van der Waals surface area (Å²) in [4.78, 5) is 23.6. The van der Waals surface area contributed by atoms with Crippen LogP contribution in [0.5, 0.6) is 0 Å². The fourth-order valence-corrected chi connectivity index (χ4v) is 4.01. The summed E-state index contributed by atoms with van der Waals surface area (Å²) in [7, 11) is 0. The minimum absolute atomic E-state index is 0.300. The molecule has 2 aliphatic heterocycles. The van der Waals surface area contributed by atoms with E-state index in [0.717, 1.165) is 44.1 Å². The molecule has 0 bridgehead atoms. The Morgan fingerprint density at radius 1 is 1.12 bits per heavy atom. The molecule has 7 nitrogen and oxygen atoms in total. The van der Waals surface area contributed by atoms with Gasteiger partial charge in [0.05, 0.1) is 0 Å². The van der Waals surface area contributed by atoms with E-state index in [1.54, 1.807) is 10.7 Å². The molecule has 0 N–H and O–H groups in total. The normalized spacial score (nSPS) is 20.0. The highest BCUT2D eigenvalue weighted by Crippen LogP contribution is 2.17. The summed E-state index contributed by atoms with van der Waals surface area (Å²) < 4.78 is 1.80. The fraction of sp³-hybridized carbons (Fsp3) is 0.632. The number of nitrogens with zero attached hydrogens (tertiary/aromatic N) is 6. The lowest BCUT2D eigenvalue weighted by Gasteiger charge is -2.35. The molecule has 0 radical (unpaired) electrons. The highest BCUT2D eigenvalue weighted by Gasteiger charge is 2.24. The number of anilines is 1. The summed E-state index contributed by atoms with van der Waals surface area (Å²) in [5.74, 6) is 1.25. The van der Waals surface area contributed by atoms with Crippen LogP contribution < -0.4 is 4.90 Å². The van der Waals surface area contributed by atoms with Crippen LogP contribution in [0.1, 0.15) is 32.6 Å². The zero-order valence-corrected chi connectivity index (χ0v) is 15.5. The van der Waals surface area contributed by atoms with Crippen LogP contribution in [0.2, 0.25) is 0 Å². The van der Waals surface area contributed by atoms with Gasteiger partial charge >= 0.3 is 0 Å². The predicted octanol–water partition coefficient (Wildman–Crippen LogP) is 1.64. The fourth-order valence-electron chi connectivity index (χ4n) is 4.01.